The maximum atomic E-state index is 12.6. The van der Waals surface area contributed by atoms with Gasteiger partial charge in [-0.15, -0.1) is 0 Å². The van der Waals surface area contributed by atoms with Crippen LogP contribution in [0, 0.1) is 10.1 Å². The number of unbranched alkanes of at least 4 members (excludes halogenated alkanes) is 1. The number of non-ortho nitro benzene ring substituents is 1. The van der Waals surface area contributed by atoms with E-state index in [2.05, 4.69) is 20.4 Å². The molecule has 1 amide bonds. The van der Waals surface area contributed by atoms with Crippen LogP contribution in [0.4, 0.5) is 5.69 Å². The smallest absolute Gasteiger partial charge is 0.279 e. The maximum absolute atomic E-state index is 12.6. The van der Waals surface area contributed by atoms with Gasteiger partial charge in [-0.05, 0) is 36.2 Å². The second-order valence-corrected chi connectivity index (χ2v) is 7.49. The molecule has 1 aromatic carbocycles. The van der Waals surface area contributed by atoms with Crippen molar-refractivity contribution in [3.8, 4) is 11.6 Å². The molecule has 0 saturated carbocycles. The van der Waals surface area contributed by atoms with E-state index in [1.54, 1.807) is 47.5 Å². The summed E-state index contributed by atoms with van der Waals surface area (Å²) in [6.45, 7) is 1.98. The molecule has 168 valence electrons. The molecule has 0 spiro atoms. The number of carbonyl (C=O) groups is 1. The number of pyridine rings is 2. The normalized spacial score (nSPS) is 11.9. The predicted molar refractivity (Wildman–Crippen MR) is 121 cm³/mol. The predicted octanol–water partition coefficient (Wildman–Crippen LogP) is 3.83. The molecule has 0 radical (unpaired) electrons. The highest BCUT2D eigenvalue weighted by atomic mass is 16.6. The van der Waals surface area contributed by atoms with E-state index in [1.165, 1.54) is 18.3 Å². The largest absolute Gasteiger partial charge is 0.505 e. The van der Waals surface area contributed by atoms with E-state index in [0.29, 0.717) is 24.2 Å². The summed E-state index contributed by atoms with van der Waals surface area (Å²) in [5.74, 6) is 0.101. The van der Waals surface area contributed by atoms with Gasteiger partial charge in [0.1, 0.15) is 11.3 Å². The number of fused-ring (bicyclic) bond motifs is 1. The summed E-state index contributed by atoms with van der Waals surface area (Å²) in [5, 5.41) is 30.0. The molecule has 10 heteroatoms. The van der Waals surface area contributed by atoms with Crippen LogP contribution in [0.3, 0.4) is 0 Å². The van der Waals surface area contributed by atoms with Gasteiger partial charge < -0.3 is 10.4 Å². The van der Waals surface area contributed by atoms with Crippen LogP contribution in [-0.4, -0.2) is 35.7 Å². The van der Waals surface area contributed by atoms with Crippen molar-refractivity contribution >= 4 is 22.5 Å². The first-order valence-electron chi connectivity index (χ1n) is 10.5. The molecule has 0 aliphatic rings. The maximum Gasteiger partial charge on any atom is 0.279 e. The first-order valence-corrected chi connectivity index (χ1v) is 10.5. The molecule has 0 fully saturated rings. The van der Waals surface area contributed by atoms with Gasteiger partial charge in [-0.3, -0.25) is 19.9 Å². The van der Waals surface area contributed by atoms with Gasteiger partial charge in [0.15, 0.2) is 5.82 Å². The van der Waals surface area contributed by atoms with Crippen LogP contribution < -0.4 is 5.32 Å². The molecule has 10 nitrogen and oxygen atoms in total. The lowest BCUT2D eigenvalue weighted by molar-refractivity contribution is -0.383. The molecular weight excluding hydrogens is 424 g/mol. The first-order chi connectivity index (χ1) is 16.0. The van der Waals surface area contributed by atoms with Crippen molar-refractivity contribution in [3.63, 3.8) is 0 Å². The van der Waals surface area contributed by atoms with Crippen molar-refractivity contribution in [3.05, 3.63) is 82.4 Å². The second-order valence-electron chi connectivity index (χ2n) is 7.49. The minimum Gasteiger partial charge on any atom is -0.505 e. The highest BCUT2D eigenvalue weighted by molar-refractivity contribution is 5.94. The summed E-state index contributed by atoms with van der Waals surface area (Å²) in [7, 11) is 0. The minimum absolute atomic E-state index is 0.0932. The highest BCUT2D eigenvalue weighted by Crippen LogP contribution is 2.39. The zero-order valence-electron chi connectivity index (χ0n) is 17.9. The number of aromatic hydroxyl groups is 1. The number of hydrogen-bond donors (Lipinski definition) is 2. The van der Waals surface area contributed by atoms with Crippen LogP contribution in [0.5, 0.6) is 5.75 Å². The Labute approximate surface area is 189 Å². The Morgan fingerprint density at radius 3 is 2.76 bits per heavy atom. The van der Waals surface area contributed by atoms with Crippen LogP contribution in [0.2, 0.25) is 0 Å². The Kier molecular flexibility index (Phi) is 6.25. The fraction of sp³-hybridized carbons (Fsp3) is 0.217. The SMILES string of the molecule is CCCCC(=O)NC(c1ccc(-n2cccn2)nc1)c1cc([N+](=O)[O-])c2cccnc2c1O. The van der Waals surface area contributed by atoms with E-state index in [0.717, 1.165) is 6.42 Å². The summed E-state index contributed by atoms with van der Waals surface area (Å²) in [6, 6.07) is 8.74. The van der Waals surface area contributed by atoms with Crippen molar-refractivity contribution in [2.45, 2.75) is 32.2 Å². The lowest BCUT2D eigenvalue weighted by atomic mass is 9.96. The summed E-state index contributed by atoms with van der Waals surface area (Å²) in [6.07, 6.45) is 8.21. The Morgan fingerprint density at radius 2 is 2.09 bits per heavy atom. The number of carbonyl (C=O) groups excluding carboxylic acids is 1. The lowest BCUT2D eigenvalue weighted by Gasteiger charge is -2.21. The number of benzene rings is 1. The highest BCUT2D eigenvalue weighted by Gasteiger charge is 2.27. The van der Waals surface area contributed by atoms with Crippen molar-refractivity contribution in [2.75, 3.05) is 0 Å². The number of nitro groups is 1. The van der Waals surface area contributed by atoms with Gasteiger partial charge >= 0.3 is 0 Å². The van der Waals surface area contributed by atoms with Gasteiger partial charge in [0.05, 0.1) is 16.4 Å². The number of phenolic OH excluding ortho intramolecular Hbond substituents is 1. The van der Waals surface area contributed by atoms with E-state index in [-0.39, 0.29) is 33.8 Å². The zero-order chi connectivity index (χ0) is 23.4. The molecule has 0 aliphatic heterocycles. The van der Waals surface area contributed by atoms with Crippen LogP contribution in [0.25, 0.3) is 16.7 Å². The fourth-order valence-corrected chi connectivity index (χ4v) is 3.62. The summed E-state index contributed by atoms with van der Waals surface area (Å²) >= 11 is 0. The van der Waals surface area contributed by atoms with Crippen LogP contribution in [0.15, 0.2) is 61.2 Å². The van der Waals surface area contributed by atoms with Gasteiger partial charge in [0, 0.05) is 42.8 Å². The van der Waals surface area contributed by atoms with E-state index in [9.17, 15) is 20.0 Å². The second kappa shape index (κ2) is 9.43. The molecule has 0 bridgehead atoms. The summed E-state index contributed by atoms with van der Waals surface area (Å²) < 4.78 is 1.58. The number of phenols is 1. The average Bonchev–Trinajstić information content (AvgIpc) is 3.37. The summed E-state index contributed by atoms with van der Waals surface area (Å²) in [4.78, 5) is 32.4. The summed E-state index contributed by atoms with van der Waals surface area (Å²) in [5.41, 5.74) is 0.609. The molecule has 4 aromatic rings. The average molecular weight is 446 g/mol. The van der Waals surface area contributed by atoms with Crippen LogP contribution in [0.1, 0.15) is 43.4 Å². The van der Waals surface area contributed by atoms with Gasteiger partial charge in [0.2, 0.25) is 5.91 Å². The number of nitrogens with one attached hydrogen (secondary N) is 1. The van der Waals surface area contributed by atoms with E-state index in [1.807, 2.05) is 6.92 Å². The number of rotatable bonds is 8. The number of nitrogens with zero attached hydrogens (tertiary/aromatic N) is 5. The van der Waals surface area contributed by atoms with Crippen molar-refractivity contribution in [1.29, 1.82) is 0 Å². The Morgan fingerprint density at radius 1 is 1.24 bits per heavy atom. The van der Waals surface area contributed by atoms with Crippen LogP contribution in [-0.2, 0) is 4.79 Å². The molecule has 1 unspecified atom stereocenters. The van der Waals surface area contributed by atoms with Crippen molar-refractivity contribution in [1.82, 2.24) is 25.1 Å². The molecule has 33 heavy (non-hydrogen) atoms. The first kappa shape index (κ1) is 21.9. The topological polar surface area (TPSA) is 136 Å². The fourth-order valence-electron chi connectivity index (χ4n) is 3.62. The quantitative estimate of drug-likeness (QED) is 0.310. The van der Waals surface area contributed by atoms with Crippen molar-refractivity contribution in [2.24, 2.45) is 0 Å². The van der Waals surface area contributed by atoms with Gasteiger partial charge in [-0.25, -0.2) is 9.67 Å². The third-order valence-corrected chi connectivity index (χ3v) is 5.29. The standard InChI is InChI=1S/C23H22N6O4/c1-2-3-7-20(30)27-21(15-8-9-19(25-14-15)28-12-5-11-26-28)17-13-18(29(32)33)16-6-4-10-24-22(16)23(17)31/h4-6,8-14,21,31H,2-3,7H2,1H3,(H,27,30). The molecule has 0 saturated heterocycles. The van der Waals surface area contributed by atoms with Gasteiger partial charge in [-0.1, -0.05) is 19.4 Å². The van der Waals surface area contributed by atoms with Crippen LogP contribution >= 0.6 is 0 Å². The molecule has 1 atom stereocenters. The molecular formula is C23H22N6O4. The van der Waals surface area contributed by atoms with Gasteiger partial charge in [-0.2, -0.15) is 5.10 Å². The lowest BCUT2D eigenvalue weighted by Crippen LogP contribution is -2.29. The number of amides is 1. The number of hydrogen-bond acceptors (Lipinski definition) is 7. The van der Waals surface area contributed by atoms with E-state index < -0.39 is 11.0 Å². The molecule has 4 rings (SSSR count). The van der Waals surface area contributed by atoms with Crippen molar-refractivity contribution < 1.29 is 14.8 Å². The Hall–Kier alpha value is -4.34. The third kappa shape index (κ3) is 4.49. The Bertz CT molecular complexity index is 1290. The minimum atomic E-state index is -0.862. The number of nitro benzene ring substituents is 1. The molecule has 3 aromatic heterocycles. The molecule has 2 N–H and O–H groups in total. The Balaban J connectivity index is 1.83. The van der Waals surface area contributed by atoms with Gasteiger partial charge in [0.25, 0.3) is 5.69 Å². The van der Waals surface area contributed by atoms with E-state index in [4.69, 9.17) is 0 Å². The molecule has 3 heterocycles. The third-order valence-electron chi connectivity index (χ3n) is 5.29. The molecule has 0 aliphatic carbocycles. The monoisotopic (exact) mass is 446 g/mol. The number of aromatic nitrogens is 4. The van der Waals surface area contributed by atoms with E-state index >= 15 is 0 Å². The zero-order valence-corrected chi connectivity index (χ0v) is 17.9.